The summed E-state index contributed by atoms with van der Waals surface area (Å²) in [4.78, 5) is 7.99. The average molecular weight is 241 g/mol. The molecule has 88 valence electrons. The van der Waals surface area contributed by atoms with Gasteiger partial charge in [-0.05, 0) is 56.1 Å². The summed E-state index contributed by atoms with van der Waals surface area (Å²) in [6.45, 7) is 4.09. The highest BCUT2D eigenvalue weighted by molar-refractivity contribution is 6.28. The van der Waals surface area contributed by atoms with Gasteiger partial charge in [0.1, 0.15) is 0 Å². The van der Waals surface area contributed by atoms with E-state index in [0.29, 0.717) is 5.28 Å². The third kappa shape index (κ3) is 3.70. The molecule has 4 nitrogen and oxygen atoms in total. The first kappa shape index (κ1) is 11.8. The molecule has 1 atom stereocenters. The zero-order chi connectivity index (χ0) is 11.2. The van der Waals surface area contributed by atoms with E-state index in [1.807, 2.05) is 6.07 Å². The molecule has 16 heavy (non-hydrogen) atoms. The molecule has 0 saturated carbocycles. The van der Waals surface area contributed by atoms with Gasteiger partial charge in [0.2, 0.25) is 5.28 Å². The zero-order valence-electron chi connectivity index (χ0n) is 9.25. The van der Waals surface area contributed by atoms with Crippen molar-refractivity contribution in [1.82, 2.24) is 20.6 Å². The Morgan fingerprint density at radius 3 is 3.25 bits per heavy atom. The second-order valence-electron chi connectivity index (χ2n) is 4.16. The van der Waals surface area contributed by atoms with Crippen molar-refractivity contribution in [3.8, 4) is 0 Å². The lowest BCUT2D eigenvalue weighted by Gasteiger charge is -2.22. The van der Waals surface area contributed by atoms with Crippen LogP contribution in [0.4, 0.5) is 0 Å². The van der Waals surface area contributed by atoms with Gasteiger partial charge in [0.25, 0.3) is 0 Å². The smallest absolute Gasteiger partial charge is 0.222 e. The van der Waals surface area contributed by atoms with Crippen LogP contribution in [0.2, 0.25) is 5.28 Å². The van der Waals surface area contributed by atoms with Crippen molar-refractivity contribution in [3.63, 3.8) is 0 Å². The Balaban J connectivity index is 1.71. The second kappa shape index (κ2) is 6.13. The van der Waals surface area contributed by atoms with E-state index >= 15 is 0 Å². The van der Waals surface area contributed by atoms with Crippen LogP contribution in [0.3, 0.4) is 0 Å². The predicted octanol–water partition coefficient (Wildman–Crippen LogP) is 1.22. The highest BCUT2D eigenvalue weighted by Gasteiger charge is 2.11. The summed E-state index contributed by atoms with van der Waals surface area (Å²) in [7, 11) is 0. The summed E-state index contributed by atoms with van der Waals surface area (Å²) < 4.78 is 0. The van der Waals surface area contributed by atoms with Crippen molar-refractivity contribution < 1.29 is 0 Å². The molecule has 0 spiro atoms. The van der Waals surface area contributed by atoms with E-state index in [9.17, 15) is 0 Å². The van der Waals surface area contributed by atoms with Crippen LogP contribution in [0.25, 0.3) is 0 Å². The summed E-state index contributed by atoms with van der Waals surface area (Å²) >= 11 is 5.71. The molecule has 0 amide bonds. The molecule has 2 rings (SSSR count). The first-order valence-corrected chi connectivity index (χ1v) is 6.11. The molecule has 2 N–H and O–H groups in total. The van der Waals surface area contributed by atoms with Crippen molar-refractivity contribution in [2.24, 2.45) is 5.92 Å². The topological polar surface area (TPSA) is 49.8 Å². The Bertz CT molecular complexity index is 326. The maximum Gasteiger partial charge on any atom is 0.222 e. The molecule has 1 fully saturated rings. The Hall–Kier alpha value is -0.710. The predicted molar refractivity (Wildman–Crippen MR) is 64.3 cm³/mol. The Morgan fingerprint density at radius 2 is 2.50 bits per heavy atom. The minimum Gasteiger partial charge on any atom is -0.316 e. The Morgan fingerprint density at radius 1 is 1.56 bits per heavy atom. The van der Waals surface area contributed by atoms with Crippen molar-refractivity contribution in [3.05, 3.63) is 23.2 Å². The molecule has 0 aromatic carbocycles. The molecule has 1 saturated heterocycles. The van der Waals surface area contributed by atoms with Gasteiger partial charge >= 0.3 is 0 Å². The maximum absolute atomic E-state index is 5.71. The van der Waals surface area contributed by atoms with Gasteiger partial charge in [0.15, 0.2) is 0 Å². The Labute approximate surface area is 101 Å². The number of rotatable bonds is 4. The zero-order valence-corrected chi connectivity index (χ0v) is 10.0. The van der Waals surface area contributed by atoms with E-state index < -0.39 is 0 Å². The first-order valence-electron chi connectivity index (χ1n) is 5.73. The van der Waals surface area contributed by atoms with Crippen molar-refractivity contribution in [1.29, 1.82) is 0 Å². The fourth-order valence-electron chi connectivity index (χ4n) is 1.97. The van der Waals surface area contributed by atoms with Crippen LogP contribution in [0.1, 0.15) is 18.5 Å². The van der Waals surface area contributed by atoms with Crippen LogP contribution >= 0.6 is 11.6 Å². The van der Waals surface area contributed by atoms with Crippen molar-refractivity contribution in [2.45, 2.75) is 19.4 Å². The molecule has 0 radical (unpaired) electrons. The SMILES string of the molecule is Clc1nccc(CNC[C@H]2CCCNC2)n1. The molecule has 2 heterocycles. The van der Waals surface area contributed by atoms with E-state index in [4.69, 9.17) is 11.6 Å². The second-order valence-corrected chi connectivity index (χ2v) is 4.50. The lowest BCUT2D eigenvalue weighted by Crippen LogP contribution is -2.35. The molecule has 1 aliphatic rings. The van der Waals surface area contributed by atoms with E-state index in [2.05, 4.69) is 20.6 Å². The van der Waals surface area contributed by atoms with E-state index in [1.54, 1.807) is 6.20 Å². The summed E-state index contributed by atoms with van der Waals surface area (Å²) in [6.07, 6.45) is 4.28. The highest BCUT2D eigenvalue weighted by atomic mass is 35.5. The lowest BCUT2D eigenvalue weighted by atomic mass is 10.00. The van der Waals surface area contributed by atoms with Gasteiger partial charge in [-0.15, -0.1) is 0 Å². The van der Waals surface area contributed by atoms with Crippen LogP contribution in [0.5, 0.6) is 0 Å². The maximum atomic E-state index is 5.71. The van der Waals surface area contributed by atoms with Gasteiger partial charge in [-0.3, -0.25) is 0 Å². The van der Waals surface area contributed by atoms with Crippen LogP contribution in [-0.4, -0.2) is 29.6 Å². The molecular formula is C11H17ClN4. The molecule has 5 heteroatoms. The minimum atomic E-state index is 0.318. The van der Waals surface area contributed by atoms with Crippen molar-refractivity contribution in [2.75, 3.05) is 19.6 Å². The van der Waals surface area contributed by atoms with Gasteiger partial charge in [-0.1, -0.05) is 0 Å². The summed E-state index contributed by atoms with van der Waals surface area (Å²) in [5, 5.41) is 7.13. The van der Waals surface area contributed by atoms with Crippen LogP contribution in [-0.2, 0) is 6.54 Å². The number of piperidine rings is 1. The van der Waals surface area contributed by atoms with Gasteiger partial charge in [0, 0.05) is 12.7 Å². The molecule has 0 unspecified atom stereocenters. The van der Waals surface area contributed by atoms with Gasteiger partial charge < -0.3 is 10.6 Å². The third-order valence-electron chi connectivity index (χ3n) is 2.82. The molecule has 0 bridgehead atoms. The van der Waals surface area contributed by atoms with E-state index in [1.165, 1.54) is 12.8 Å². The Kier molecular flexibility index (Phi) is 4.51. The summed E-state index contributed by atoms with van der Waals surface area (Å²) in [6, 6.07) is 1.89. The van der Waals surface area contributed by atoms with E-state index in [0.717, 1.165) is 37.8 Å². The number of aromatic nitrogens is 2. The lowest BCUT2D eigenvalue weighted by molar-refractivity contribution is 0.359. The normalized spacial score (nSPS) is 20.9. The number of halogens is 1. The number of hydrogen-bond donors (Lipinski definition) is 2. The number of hydrogen-bond acceptors (Lipinski definition) is 4. The van der Waals surface area contributed by atoms with E-state index in [-0.39, 0.29) is 0 Å². The minimum absolute atomic E-state index is 0.318. The highest BCUT2D eigenvalue weighted by Crippen LogP contribution is 2.08. The monoisotopic (exact) mass is 240 g/mol. The van der Waals surface area contributed by atoms with Gasteiger partial charge in [-0.2, -0.15) is 0 Å². The van der Waals surface area contributed by atoms with Crippen LogP contribution in [0.15, 0.2) is 12.3 Å². The summed E-state index contributed by atoms with van der Waals surface area (Å²) in [5.74, 6) is 0.742. The van der Waals surface area contributed by atoms with Crippen LogP contribution in [0, 0.1) is 5.92 Å². The fourth-order valence-corrected chi connectivity index (χ4v) is 2.14. The fraction of sp³-hybridized carbons (Fsp3) is 0.636. The van der Waals surface area contributed by atoms with Crippen molar-refractivity contribution >= 4 is 11.6 Å². The van der Waals surface area contributed by atoms with Gasteiger partial charge in [-0.25, -0.2) is 9.97 Å². The molecule has 1 aromatic rings. The summed E-state index contributed by atoms with van der Waals surface area (Å²) in [5.41, 5.74) is 0.948. The molecule has 0 aliphatic carbocycles. The molecule has 1 aliphatic heterocycles. The largest absolute Gasteiger partial charge is 0.316 e. The standard InChI is InChI=1S/C11H17ClN4/c12-11-15-5-3-10(16-11)8-14-7-9-2-1-4-13-6-9/h3,5,9,13-14H,1-2,4,6-8H2/t9-/m0/s1. The average Bonchev–Trinajstić information content (AvgIpc) is 2.30. The molecular weight excluding hydrogens is 224 g/mol. The number of nitrogens with zero attached hydrogens (tertiary/aromatic N) is 2. The number of nitrogens with one attached hydrogen (secondary N) is 2. The molecule has 1 aromatic heterocycles. The quantitative estimate of drug-likeness (QED) is 0.777. The van der Waals surface area contributed by atoms with Crippen LogP contribution < -0.4 is 10.6 Å². The first-order chi connectivity index (χ1) is 7.84. The third-order valence-corrected chi connectivity index (χ3v) is 3.00. The van der Waals surface area contributed by atoms with Gasteiger partial charge in [0.05, 0.1) is 5.69 Å².